The fourth-order valence-electron chi connectivity index (χ4n) is 4.98. The molecule has 5 rings (SSSR count). The summed E-state index contributed by atoms with van der Waals surface area (Å²) in [5.41, 5.74) is 10.6. The number of nitrogens with zero attached hydrogens (tertiary/aromatic N) is 1. The van der Waals surface area contributed by atoms with Crippen LogP contribution >= 0.6 is 0 Å². The van der Waals surface area contributed by atoms with Gasteiger partial charge >= 0.3 is 0 Å². The second-order valence-electron chi connectivity index (χ2n) is 10.0. The van der Waals surface area contributed by atoms with Crippen molar-refractivity contribution in [1.29, 1.82) is 0 Å². The third kappa shape index (κ3) is 4.68. The summed E-state index contributed by atoms with van der Waals surface area (Å²) in [6.07, 6.45) is 1.08. The molecule has 0 radical (unpaired) electrons. The summed E-state index contributed by atoms with van der Waals surface area (Å²) >= 11 is 0. The van der Waals surface area contributed by atoms with Crippen LogP contribution in [0.5, 0.6) is 5.75 Å². The van der Waals surface area contributed by atoms with E-state index in [-0.39, 0.29) is 5.91 Å². The number of aromatic nitrogens is 1. The molecule has 0 unspecified atom stereocenters. The van der Waals surface area contributed by atoms with E-state index in [4.69, 9.17) is 4.74 Å². The number of amides is 1. The second-order valence-corrected chi connectivity index (χ2v) is 10.0. The number of carbonyl (C=O) groups is 1. The van der Waals surface area contributed by atoms with Crippen molar-refractivity contribution in [3.8, 4) is 22.7 Å². The summed E-state index contributed by atoms with van der Waals surface area (Å²) in [7, 11) is 0. The van der Waals surface area contributed by atoms with E-state index in [9.17, 15) is 4.79 Å². The Morgan fingerprint density at radius 1 is 1.00 bits per heavy atom. The Balaban J connectivity index is 1.42. The third-order valence-electron chi connectivity index (χ3n) is 7.30. The van der Waals surface area contributed by atoms with Gasteiger partial charge in [-0.3, -0.25) is 4.79 Å². The highest BCUT2D eigenvalue weighted by molar-refractivity contribution is 5.77. The minimum atomic E-state index is 0.0634. The molecule has 0 saturated heterocycles. The quantitative estimate of drug-likeness (QED) is 0.310. The van der Waals surface area contributed by atoms with Gasteiger partial charge in [-0.15, -0.1) is 0 Å². The zero-order chi connectivity index (χ0) is 25.2. The first-order valence-corrected chi connectivity index (χ1v) is 12.8. The van der Waals surface area contributed by atoms with Crippen LogP contribution in [-0.4, -0.2) is 10.5 Å². The predicted octanol–water partition coefficient (Wildman–Crippen LogP) is 7.03. The minimum absolute atomic E-state index is 0.0634. The molecule has 0 saturated carbocycles. The van der Waals surface area contributed by atoms with Crippen molar-refractivity contribution >= 4 is 5.91 Å². The zero-order valence-electron chi connectivity index (χ0n) is 21.6. The molecule has 0 spiro atoms. The Kier molecular flexibility index (Phi) is 6.69. The summed E-state index contributed by atoms with van der Waals surface area (Å²) in [5, 5.41) is 3.12. The van der Waals surface area contributed by atoms with Gasteiger partial charge in [0.1, 0.15) is 12.4 Å². The Bertz CT molecular complexity index is 1400. The van der Waals surface area contributed by atoms with Crippen molar-refractivity contribution in [3.63, 3.8) is 0 Å². The Hall–Kier alpha value is -3.79. The summed E-state index contributed by atoms with van der Waals surface area (Å²) in [6.45, 7) is 9.73. The van der Waals surface area contributed by atoms with E-state index in [1.165, 1.54) is 27.9 Å². The van der Waals surface area contributed by atoms with Gasteiger partial charge < -0.3 is 14.6 Å². The van der Waals surface area contributed by atoms with E-state index in [1.807, 2.05) is 18.2 Å². The van der Waals surface area contributed by atoms with E-state index in [1.54, 1.807) is 0 Å². The molecule has 3 aromatic carbocycles. The molecule has 4 heteroatoms. The van der Waals surface area contributed by atoms with Gasteiger partial charge in [0, 0.05) is 35.5 Å². The van der Waals surface area contributed by atoms with Crippen LogP contribution in [0.15, 0.2) is 72.8 Å². The molecular weight excluding hydrogens is 444 g/mol. The normalized spacial score (nSPS) is 12.1. The number of hydrogen-bond donors (Lipinski definition) is 1. The number of ether oxygens (including phenoxy) is 1. The molecule has 1 aliphatic rings. The summed E-state index contributed by atoms with van der Waals surface area (Å²) in [5.74, 6) is 1.45. The molecule has 1 aromatic heterocycles. The topological polar surface area (TPSA) is 43.3 Å². The summed E-state index contributed by atoms with van der Waals surface area (Å²) < 4.78 is 8.36. The van der Waals surface area contributed by atoms with Gasteiger partial charge in [0.15, 0.2) is 0 Å². The number of para-hydroxylation sites is 1. The molecule has 4 aromatic rings. The molecule has 4 nitrogen and oxygen atoms in total. The molecule has 36 heavy (non-hydrogen) atoms. The predicted molar refractivity (Wildman–Crippen MR) is 146 cm³/mol. The number of benzene rings is 3. The van der Waals surface area contributed by atoms with Crippen molar-refractivity contribution in [2.24, 2.45) is 0 Å². The largest absolute Gasteiger partial charge is 0.488 e. The molecule has 2 heterocycles. The maximum atomic E-state index is 12.8. The Labute approximate surface area is 213 Å². The van der Waals surface area contributed by atoms with Crippen molar-refractivity contribution in [2.75, 3.05) is 0 Å². The Morgan fingerprint density at radius 3 is 2.56 bits per heavy atom. The number of nitrogens with one attached hydrogen (secondary N) is 1. The highest BCUT2D eigenvalue weighted by Crippen LogP contribution is 2.41. The highest BCUT2D eigenvalue weighted by atomic mass is 16.5. The number of rotatable bonds is 7. The maximum absolute atomic E-state index is 12.8. The molecule has 0 atom stereocenters. The van der Waals surface area contributed by atoms with E-state index >= 15 is 0 Å². The van der Waals surface area contributed by atoms with Crippen LogP contribution in [0.25, 0.3) is 16.9 Å². The molecule has 0 aliphatic carbocycles. The van der Waals surface area contributed by atoms with Crippen LogP contribution < -0.4 is 10.1 Å². The van der Waals surface area contributed by atoms with Crippen LogP contribution in [0.4, 0.5) is 0 Å². The monoisotopic (exact) mass is 478 g/mol. The zero-order valence-corrected chi connectivity index (χ0v) is 21.6. The van der Waals surface area contributed by atoms with Crippen LogP contribution in [0.2, 0.25) is 0 Å². The molecule has 0 fully saturated rings. The first-order valence-electron chi connectivity index (χ1n) is 12.8. The molecule has 1 amide bonds. The fourth-order valence-corrected chi connectivity index (χ4v) is 4.98. The fraction of sp³-hybridized carbons (Fsp3) is 0.281. The smallest absolute Gasteiger partial charge is 0.220 e. The summed E-state index contributed by atoms with van der Waals surface area (Å²) in [4.78, 5) is 12.8. The molecule has 184 valence electrons. The van der Waals surface area contributed by atoms with Gasteiger partial charge in [-0.25, -0.2) is 0 Å². The molecular formula is C32H34N2O2. The average molecular weight is 479 g/mol. The van der Waals surface area contributed by atoms with Crippen molar-refractivity contribution < 1.29 is 9.53 Å². The summed E-state index contributed by atoms with van der Waals surface area (Å²) in [6, 6.07) is 25.4. The molecule has 1 N–H and O–H groups in total. The van der Waals surface area contributed by atoms with E-state index in [0.29, 0.717) is 31.9 Å². The van der Waals surface area contributed by atoms with Gasteiger partial charge in [-0.2, -0.15) is 0 Å². The van der Waals surface area contributed by atoms with Crippen LogP contribution in [0, 0.1) is 13.8 Å². The van der Waals surface area contributed by atoms with Crippen molar-refractivity contribution in [3.05, 3.63) is 106 Å². The SMILES string of the molecule is Cc1cccc(CNC(=O)CCc2cc3c(n2-c2ccc(C(C)C)cc2)-c2ccccc2OC3)c1C. The number of carbonyl (C=O) groups excluding carboxylic acids is 1. The number of aryl methyl sites for hydroxylation is 2. The minimum Gasteiger partial charge on any atom is -0.488 e. The van der Waals surface area contributed by atoms with Crippen LogP contribution in [0.1, 0.15) is 59.7 Å². The molecule has 1 aliphatic heterocycles. The first kappa shape index (κ1) is 23.9. The van der Waals surface area contributed by atoms with Crippen molar-refractivity contribution in [1.82, 2.24) is 9.88 Å². The molecule has 0 bridgehead atoms. The standard InChI is InChI=1S/C32H34N2O2/c1-21(2)24-12-14-27(15-13-24)34-28(18-26-20-36-30-11-6-5-10-29(30)32(26)34)16-17-31(35)33-19-25-9-7-8-22(3)23(25)4/h5-15,18,21H,16-17,19-20H2,1-4H3,(H,33,35). The van der Waals surface area contributed by atoms with Crippen LogP contribution in [0.3, 0.4) is 0 Å². The second kappa shape index (κ2) is 10.1. The lowest BCUT2D eigenvalue weighted by Crippen LogP contribution is -2.23. The van der Waals surface area contributed by atoms with Gasteiger partial charge in [-0.05, 0) is 78.8 Å². The van der Waals surface area contributed by atoms with E-state index in [2.05, 4.69) is 92.2 Å². The first-order chi connectivity index (χ1) is 17.4. The van der Waals surface area contributed by atoms with Crippen molar-refractivity contribution in [2.45, 2.75) is 59.6 Å². The van der Waals surface area contributed by atoms with Gasteiger partial charge in [0.05, 0.1) is 5.69 Å². The van der Waals surface area contributed by atoms with Gasteiger partial charge in [0.2, 0.25) is 5.91 Å². The average Bonchev–Trinajstić information content (AvgIpc) is 3.27. The lowest BCUT2D eigenvalue weighted by molar-refractivity contribution is -0.121. The van der Waals surface area contributed by atoms with Gasteiger partial charge in [0.25, 0.3) is 0 Å². The van der Waals surface area contributed by atoms with E-state index in [0.717, 1.165) is 28.3 Å². The Morgan fingerprint density at radius 2 is 1.78 bits per heavy atom. The number of hydrogen-bond acceptors (Lipinski definition) is 2. The lowest BCUT2D eigenvalue weighted by atomic mass is 10.0. The van der Waals surface area contributed by atoms with E-state index < -0.39 is 0 Å². The lowest BCUT2D eigenvalue weighted by Gasteiger charge is -2.21. The maximum Gasteiger partial charge on any atom is 0.220 e. The van der Waals surface area contributed by atoms with Gasteiger partial charge in [-0.1, -0.05) is 56.3 Å². The van der Waals surface area contributed by atoms with Crippen LogP contribution in [-0.2, 0) is 24.4 Å². The highest BCUT2D eigenvalue weighted by Gasteiger charge is 2.25. The number of fused-ring (bicyclic) bond motifs is 3. The third-order valence-corrected chi connectivity index (χ3v) is 7.30.